The minimum absolute atomic E-state index is 0.107. The first kappa shape index (κ1) is 32.1. The van der Waals surface area contributed by atoms with Gasteiger partial charge in [-0.25, -0.2) is 4.79 Å². The maximum atomic E-state index is 14.8. The van der Waals surface area contributed by atoms with Gasteiger partial charge in [-0.3, -0.25) is 19.2 Å². The molecule has 0 spiro atoms. The topological polar surface area (TPSA) is 144 Å². The third kappa shape index (κ3) is 4.95. The Morgan fingerprint density at radius 1 is 1.05 bits per heavy atom. The zero-order chi connectivity index (χ0) is 31.6. The van der Waals surface area contributed by atoms with Gasteiger partial charge in [0, 0.05) is 36.7 Å². The number of hydrogen-bond donors (Lipinski definition) is 2. The highest BCUT2D eigenvalue weighted by Gasteiger charge is 2.74. The molecule has 0 heterocycles. The molecule has 0 radical (unpaired) electrons. The lowest BCUT2D eigenvalue weighted by molar-refractivity contribution is -0.207. The molecule has 0 unspecified atom stereocenters. The molecular formula is C33H46O9. The summed E-state index contributed by atoms with van der Waals surface area (Å²) in [5, 5.41) is 20.6. The van der Waals surface area contributed by atoms with E-state index in [2.05, 4.69) is 0 Å². The number of rotatable bonds is 7. The van der Waals surface area contributed by atoms with Gasteiger partial charge in [0.25, 0.3) is 0 Å². The summed E-state index contributed by atoms with van der Waals surface area (Å²) in [7, 11) is 0. The van der Waals surface area contributed by atoms with Crippen LogP contribution in [-0.2, 0) is 33.4 Å². The predicted molar refractivity (Wildman–Crippen MR) is 153 cm³/mol. The van der Waals surface area contributed by atoms with Crippen LogP contribution < -0.4 is 0 Å². The molecule has 0 saturated heterocycles. The normalized spacial score (nSPS) is 40.5. The Morgan fingerprint density at radius 3 is 2.21 bits per heavy atom. The first-order chi connectivity index (χ1) is 19.3. The Kier molecular flexibility index (Phi) is 8.20. The number of carboxylic acid groups (broad SMARTS) is 1. The number of ether oxygens (including phenoxy) is 2. The molecule has 9 nitrogen and oxygen atoms in total. The number of aliphatic hydroxyl groups is 1. The summed E-state index contributed by atoms with van der Waals surface area (Å²) in [6.07, 6.45) is 3.93. The number of hydrogen-bond acceptors (Lipinski definition) is 8. The van der Waals surface area contributed by atoms with Crippen molar-refractivity contribution in [2.75, 3.05) is 0 Å². The van der Waals surface area contributed by atoms with Gasteiger partial charge >= 0.3 is 17.9 Å². The van der Waals surface area contributed by atoms with Gasteiger partial charge < -0.3 is 19.7 Å². The minimum Gasteiger partial charge on any atom is -0.478 e. The van der Waals surface area contributed by atoms with Crippen molar-refractivity contribution in [1.82, 2.24) is 0 Å². The summed E-state index contributed by atoms with van der Waals surface area (Å²) in [6.45, 7) is 13.6. The number of carbonyl (C=O) groups excluding carboxylic acids is 4. The lowest BCUT2D eigenvalue weighted by atomic mass is 9.37. The number of aliphatic carboxylic acids is 1. The van der Waals surface area contributed by atoms with Crippen molar-refractivity contribution in [3.05, 3.63) is 23.3 Å². The van der Waals surface area contributed by atoms with E-state index in [9.17, 15) is 34.2 Å². The van der Waals surface area contributed by atoms with Crippen molar-refractivity contribution in [3.8, 4) is 0 Å². The standard InChI is InChI=1S/C33H46O9/c1-17-22(36)13-15-31(6)24-12-11-21-25(20(29(38)39)10-9-14-30(4,5)40)23(41-18(2)34)16-32(21,7)33(24,8)28(37)27(26(17)31)42-19(3)35/h13,15,17,21,23-24,26-27,40H,9-12,14,16H2,1-8H3,(H,38,39)/b25-20-/t17-,21+,23+,24+,26-,27+,31-,32+,33-/m1/s1. The van der Waals surface area contributed by atoms with Crippen molar-refractivity contribution in [3.63, 3.8) is 0 Å². The van der Waals surface area contributed by atoms with Crippen LogP contribution in [0.1, 0.15) is 93.9 Å². The Bertz CT molecular complexity index is 1250. The van der Waals surface area contributed by atoms with E-state index in [1.165, 1.54) is 13.8 Å². The lowest BCUT2D eigenvalue weighted by Gasteiger charge is -2.66. The number of allylic oxidation sites excluding steroid dienone is 2. The third-order valence-corrected chi connectivity index (χ3v) is 11.3. The first-order valence-corrected chi connectivity index (χ1v) is 15.1. The second-order valence-electron chi connectivity index (χ2n) is 14.3. The number of carboxylic acids is 1. The van der Waals surface area contributed by atoms with Gasteiger partial charge in [-0.15, -0.1) is 0 Å². The molecule has 0 aromatic rings. The summed E-state index contributed by atoms with van der Waals surface area (Å²) >= 11 is 0. The molecule has 232 valence electrons. The van der Waals surface area contributed by atoms with E-state index in [4.69, 9.17) is 9.47 Å². The van der Waals surface area contributed by atoms with Crippen LogP contribution in [0, 0.1) is 39.9 Å². The Balaban J connectivity index is 1.90. The summed E-state index contributed by atoms with van der Waals surface area (Å²) in [4.78, 5) is 65.0. The van der Waals surface area contributed by atoms with Gasteiger partial charge in [0.05, 0.1) is 5.60 Å². The van der Waals surface area contributed by atoms with Crippen LogP contribution in [0.2, 0.25) is 0 Å². The van der Waals surface area contributed by atoms with E-state index in [-0.39, 0.29) is 41.8 Å². The first-order valence-electron chi connectivity index (χ1n) is 15.1. The zero-order valence-electron chi connectivity index (χ0n) is 26.1. The molecular weight excluding hydrogens is 540 g/mol. The van der Waals surface area contributed by atoms with Crippen LogP contribution in [0.3, 0.4) is 0 Å². The van der Waals surface area contributed by atoms with Crippen LogP contribution in [0.4, 0.5) is 0 Å². The molecule has 4 aliphatic rings. The maximum absolute atomic E-state index is 14.8. The fraction of sp³-hybridized carbons (Fsp3) is 0.727. The highest BCUT2D eigenvalue weighted by Crippen LogP contribution is 2.73. The van der Waals surface area contributed by atoms with Crippen molar-refractivity contribution < 1.29 is 43.7 Å². The monoisotopic (exact) mass is 586 g/mol. The van der Waals surface area contributed by atoms with Crippen molar-refractivity contribution in [2.24, 2.45) is 39.9 Å². The molecule has 0 amide bonds. The maximum Gasteiger partial charge on any atom is 0.331 e. The van der Waals surface area contributed by atoms with Gasteiger partial charge in [-0.1, -0.05) is 33.8 Å². The number of esters is 2. The molecule has 9 atom stereocenters. The summed E-state index contributed by atoms with van der Waals surface area (Å²) in [5.41, 5.74) is -2.80. The van der Waals surface area contributed by atoms with Crippen molar-refractivity contribution >= 4 is 29.5 Å². The van der Waals surface area contributed by atoms with Crippen LogP contribution >= 0.6 is 0 Å². The van der Waals surface area contributed by atoms with Gasteiger partial charge in [0.2, 0.25) is 0 Å². The number of fused-ring (bicyclic) bond motifs is 5. The molecule has 2 N–H and O–H groups in total. The largest absolute Gasteiger partial charge is 0.478 e. The van der Waals surface area contributed by atoms with Crippen LogP contribution in [0.15, 0.2) is 23.3 Å². The second-order valence-corrected chi connectivity index (χ2v) is 14.3. The molecule has 0 aliphatic heterocycles. The molecule has 4 aliphatic carbocycles. The van der Waals surface area contributed by atoms with Crippen LogP contribution in [0.5, 0.6) is 0 Å². The smallest absolute Gasteiger partial charge is 0.331 e. The minimum atomic E-state index is -1.14. The molecule has 42 heavy (non-hydrogen) atoms. The van der Waals surface area contributed by atoms with Crippen molar-refractivity contribution in [1.29, 1.82) is 0 Å². The summed E-state index contributed by atoms with van der Waals surface area (Å²) in [6, 6.07) is 0. The average molecular weight is 587 g/mol. The highest BCUT2D eigenvalue weighted by atomic mass is 16.5. The molecule has 4 rings (SSSR count). The molecule has 3 saturated carbocycles. The number of carbonyl (C=O) groups is 5. The Labute approximate surface area is 248 Å². The highest BCUT2D eigenvalue weighted by molar-refractivity contribution is 5.98. The zero-order valence-corrected chi connectivity index (χ0v) is 26.1. The van der Waals surface area contributed by atoms with Gasteiger partial charge in [-0.05, 0) is 86.7 Å². The number of Topliss-reactive ketones (excluding diaryl/α,β-unsaturated/α-hetero) is 1. The second kappa shape index (κ2) is 10.7. The lowest BCUT2D eigenvalue weighted by Crippen LogP contribution is -2.69. The summed E-state index contributed by atoms with van der Waals surface area (Å²) in [5.74, 6) is -4.24. The molecule has 0 bridgehead atoms. The fourth-order valence-corrected chi connectivity index (χ4v) is 9.38. The predicted octanol–water partition coefficient (Wildman–Crippen LogP) is 4.59. The molecule has 0 aromatic carbocycles. The van der Waals surface area contributed by atoms with Crippen LogP contribution in [-0.4, -0.2) is 57.5 Å². The van der Waals surface area contributed by atoms with E-state index in [1.54, 1.807) is 26.8 Å². The van der Waals surface area contributed by atoms with Gasteiger partial charge in [0.15, 0.2) is 17.7 Å². The number of ketones is 2. The van der Waals surface area contributed by atoms with E-state index >= 15 is 0 Å². The molecule has 3 fully saturated rings. The average Bonchev–Trinajstić information content (AvgIpc) is 3.13. The summed E-state index contributed by atoms with van der Waals surface area (Å²) < 4.78 is 11.6. The quantitative estimate of drug-likeness (QED) is 0.323. The SMILES string of the molecule is CC(=O)O[C@H]1C[C@@]2(C)[C@@H](CC[C@H]3[C@@]4(C)C=CC(=O)[C@@H](C)[C@@H]4[C@H](OC(C)=O)C(=O)[C@@]32C)/C1=C(\CCCC(C)(C)O)C(=O)O. The Morgan fingerprint density at radius 2 is 1.67 bits per heavy atom. The Hall–Kier alpha value is -2.81. The van der Waals surface area contributed by atoms with E-state index < -0.39 is 63.8 Å². The fourth-order valence-electron chi connectivity index (χ4n) is 9.38. The van der Waals surface area contributed by atoms with E-state index in [1.807, 2.05) is 26.8 Å². The van der Waals surface area contributed by atoms with Gasteiger partial charge in [0.1, 0.15) is 6.10 Å². The van der Waals surface area contributed by atoms with Crippen molar-refractivity contribution in [2.45, 2.75) is 112 Å². The third-order valence-electron chi connectivity index (χ3n) is 11.3. The molecule has 0 aromatic heterocycles. The van der Waals surface area contributed by atoms with E-state index in [0.29, 0.717) is 31.3 Å². The van der Waals surface area contributed by atoms with E-state index in [0.717, 1.165) is 0 Å². The van der Waals surface area contributed by atoms with Crippen LogP contribution in [0.25, 0.3) is 0 Å². The van der Waals surface area contributed by atoms with Gasteiger partial charge in [-0.2, -0.15) is 0 Å². The molecule has 9 heteroatoms.